The summed E-state index contributed by atoms with van der Waals surface area (Å²) in [6.45, 7) is -0.0202. The van der Waals surface area contributed by atoms with Crippen LogP contribution in [0.2, 0.25) is 0 Å². The van der Waals surface area contributed by atoms with Gasteiger partial charge in [-0.05, 0) is 51.4 Å². The summed E-state index contributed by atoms with van der Waals surface area (Å²) < 4.78 is 60.2. The van der Waals surface area contributed by atoms with E-state index in [1.54, 1.807) is 0 Å². The molecule has 33 heavy (non-hydrogen) atoms. The molecule has 188 valence electrons. The molecule has 12 heteroatoms. The van der Waals surface area contributed by atoms with E-state index in [-0.39, 0.29) is 55.0 Å². The van der Waals surface area contributed by atoms with Gasteiger partial charge in [-0.15, -0.1) is 24.8 Å². The average molecular weight is 500 g/mol. The lowest BCUT2D eigenvalue weighted by molar-refractivity contribution is -0.348. The molecule has 5 fully saturated rings. The van der Waals surface area contributed by atoms with Crippen LogP contribution in [0.1, 0.15) is 57.8 Å². The van der Waals surface area contributed by atoms with Crippen molar-refractivity contribution >= 4 is 23.4 Å². The monoisotopic (exact) mass is 499 g/mol. The molecule has 1 saturated heterocycles. The van der Waals surface area contributed by atoms with Gasteiger partial charge >= 0.3 is 6.36 Å². The molecule has 2 bridgehead atoms. The fraction of sp³-hybridized carbons (Fsp3) is 0.905. The second-order valence-electron chi connectivity index (χ2n) is 9.96. The number of carbonyl (C=O) groups is 2. The first-order valence-electron chi connectivity index (χ1n) is 11.5. The lowest BCUT2D eigenvalue weighted by Gasteiger charge is -2.48. The Labute approximate surface area is 194 Å². The van der Waals surface area contributed by atoms with Gasteiger partial charge in [0.2, 0.25) is 11.8 Å². The number of alkyl halides is 5. The van der Waals surface area contributed by atoms with Crippen LogP contribution in [0.15, 0.2) is 0 Å². The Kier molecular flexibility index (Phi) is 7.15. The molecule has 0 radical (unpaired) electrons. The van der Waals surface area contributed by atoms with Crippen LogP contribution in [0.5, 0.6) is 0 Å². The predicted octanol–water partition coefficient (Wildman–Crippen LogP) is 2.66. The van der Waals surface area contributed by atoms with Gasteiger partial charge < -0.3 is 15.4 Å². The zero-order chi connectivity index (χ0) is 23.9. The van der Waals surface area contributed by atoms with E-state index < -0.39 is 30.1 Å². The molecule has 4 aliphatic carbocycles. The summed E-state index contributed by atoms with van der Waals surface area (Å²) in [5, 5.41) is 8.22. The van der Waals surface area contributed by atoms with Gasteiger partial charge in [0.05, 0.1) is 17.4 Å². The number of fused-ring (bicyclic) bond motifs is 1. The summed E-state index contributed by atoms with van der Waals surface area (Å²) in [4.78, 5) is 25.0. The third-order valence-corrected chi connectivity index (χ3v) is 7.83. The van der Waals surface area contributed by atoms with Gasteiger partial charge in [-0.1, -0.05) is 0 Å². The highest BCUT2D eigenvalue weighted by atomic mass is 35.5. The molecule has 1 heterocycles. The second-order valence-corrected chi connectivity index (χ2v) is 10.5. The van der Waals surface area contributed by atoms with Crippen molar-refractivity contribution in [1.82, 2.24) is 16.0 Å². The summed E-state index contributed by atoms with van der Waals surface area (Å²) in [7, 11) is 0. The summed E-state index contributed by atoms with van der Waals surface area (Å²) >= 11 is 5.87. The van der Waals surface area contributed by atoms with Crippen LogP contribution in [0.25, 0.3) is 0 Å². The van der Waals surface area contributed by atoms with E-state index in [9.17, 15) is 27.2 Å². The van der Waals surface area contributed by atoms with Crippen LogP contribution in [0.4, 0.5) is 17.6 Å². The van der Waals surface area contributed by atoms with Crippen LogP contribution in [0, 0.1) is 5.92 Å². The fourth-order valence-corrected chi connectivity index (χ4v) is 6.01. The largest absolute Gasteiger partial charge is 0.524 e. The molecule has 4 saturated carbocycles. The number of hydrogen-bond acceptors (Lipinski definition) is 5. The molecule has 0 aromatic heterocycles. The van der Waals surface area contributed by atoms with E-state index in [0.29, 0.717) is 32.1 Å². The predicted molar refractivity (Wildman–Crippen MR) is 110 cm³/mol. The number of hydrogen-bond donors (Lipinski definition) is 3. The van der Waals surface area contributed by atoms with Crippen molar-refractivity contribution in [2.24, 2.45) is 5.92 Å². The molecule has 0 spiro atoms. The van der Waals surface area contributed by atoms with Gasteiger partial charge in [-0.25, -0.2) is 4.39 Å². The lowest BCUT2D eigenvalue weighted by Crippen LogP contribution is -2.65. The second kappa shape index (κ2) is 9.47. The zero-order valence-electron chi connectivity index (χ0n) is 18.2. The summed E-state index contributed by atoms with van der Waals surface area (Å²) in [5.74, 6) is -0.866. The lowest BCUT2D eigenvalue weighted by atomic mass is 9.70. The third kappa shape index (κ3) is 6.10. The number of piperidine rings is 1. The molecule has 1 aliphatic heterocycles. The highest BCUT2D eigenvalue weighted by molar-refractivity contribution is 6.21. The van der Waals surface area contributed by atoms with Gasteiger partial charge in [0.25, 0.3) is 0 Å². The maximum atomic E-state index is 13.7. The van der Waals surface area contributed by atoms with E-state index in [0.717, 1.165) is 12.8 Å². The highest BCUT2D eigenvalue weighted by Gasteiger charge is 2.62. The molecule has 5 aliphatic rings. The number of rotatable bonds is 7. The Balaban J connectivity index is 1.17. The van der Waals surface area contributed by atoms with Crippen molar-refractivity contribution in [2.45, 2.75) is 99.1 Å². The van der Waals surface area contributed by atoms with Gasteiger partial charge in [-0.3, -0.25) is 19.6 Å². The Morgan fingerprint density at radius 1 is 1.06 bits per heavy atom. The van der Waals surface area contributed by atoms with Gasteiger partial charge in [-0.2, -0.15) is 0 Å². The van der Waals surface area contributed by atoms with Crippen LogP contribution >= 0.6 is 11.6 Å². The van der Waals surface area contributed by atoms with E-state index in [1.807, 2.05) is 0 Å². The van der Waals surface area contributed by atoms with Crippen molar-refractivity contribution in [1.29, 1.82) is 0 Å². The molecular formula is C21H30ClF4N3O4. The molecule has 7 nitrogen and oxygen atoms in total. The van der Waals surface area contributed by atoms with Gasteiger partial charge in [0, 0.05) is 24.0 Å². The molecule has 5 atom stereocenters. The molecule has 0 aromatic rings. The molecular weight excluding hydrogens is 470 g/mol. The minimum atomic E-state index is -4.71. The van der Waals surface area contributed by atoms with Crippen LogP contribution in [-0.2, 0) is 19.1 Å². The Bertz CT molecular complexity index is 742. The number of nitrogens with one attached hydrogen (secondary N) is 3. The van der Waals surface area contributed by atoms with Crippen molar-refractivity contribution in [3.8, 4) is 0 Å². The molecule has 3 N–H and O–H groups in total. The molecule has 5 unspecified atom stereocenters. The average Bonchev–Trinajstić information content (AvgIpc) is 3.23. The minimum Gasteiger partial charge on any atom is -0.368 e. The molecule has 5 rings (SSSR count). The van der Waals surface area contributed by atoms with E-state index >= 15 is 0 Å². The van der Waals surface area contributed by atoms with E-state index in [2.05, 4.69) is 20.7 Å². The number of amides is 2. The Morgan fingerprint density at radius 3 is 2.36 bits per heavy atom. The number of ether oxygens (including phenoxy) is 2. The molecule has 0 aromatic carbocycles. The third-order valence-electron chi connectivity index (χ3n) is 7.34. The topological polar surface area (TPSA) is 88.7 Å². The SMILES string of the molecule is O=C(COC1CCC(Cl)C(F)C1)NC12CCC(NC(=O)C3CCC(OC(F)(F)F)NC3)(C1)C2. The van der Waals surface area contributed by atoms with Crippen LogP contribution in [-0.4, -0.2) is 66.3 Å². The molecule has 2 amide bonds. The van der Waals surface area contributed by atoms with E-state index in [4.69, 9.17) is 16.3 Å². The Hall–Kier alpha value is -1.17. The quantitative estimate of drug-likeness (QED) is 0.370. The smallest absolute Gasteiger partial charge is 0.368 e. The Morgan fingerprint density at radius 2 is 1.76 bits per heavy atom. The van der Waals surface area contributed by atoms with Crippen LogP contribution in [0.3, 0.4) is 0 Å². The van der Waals surface area contributed by atoms with Crippen molar-refractivity contribution in [2.75, 3.05) is 13.2 Å². The first kappa shape index (κ1) is 24.9. The van der Waals surface area contributed by atoms with Gasteiger partial charge in [0.1, 0.15) is 19.0 Å². The standard InChI is InChI=1S/C21H30ClF4N3O4/c22-14-3-2-13(7-15(14)23)32-9-16(30)28-19-5-6-20(10-19,11-19)29-18(31)12-1-4-17(27-8-12)33-21(24,25)26/h12-15,17,27H,1-11H2,(H,28,30)(H,29,31). The summed E-state index contributed by atoms with van der Waals surface area (Å²) in [6.07, 6.45) is -2.85. The van der Waals surface area contributed by atoms with Crippen molar-refractivity contribution < 1.29 is 36.6 Å². The van der Waals surface area contributed by atoms with Crippen molar-refractivity contribution in [3.05, 3.63) is 0 Å². The summed E-state index contributed by atoms with van der Waals surface area (Å²) in [5.41, 5.74) is -0.759. The normalized spacial score (nSPS) is 40.7. The zero-order valence-corrected chi connectivity index (χ0v) is 18.9. The number of halogens is 5. The first-order chi connectivity index (χ1) is 15.5. The van der Waals surface area contributed by atoms with Crippen molar-refractivity contribution in [3.63, 3.8) is 0 Å². The van der Waals surface area contributed by atoms with Gasteiger partial charge in [0.15, 0.2) is 0 Å². The summed E-state index contributed by atoms with van der Waals surface area (Å²) in [6, 6.07) is 0. The maximum absolute atomic E-state index is 13.7. The highest BCUT2D eigenvalue weighted by Crippen LogP contribution is 2.55. The fourth-order valence-electron chi connectivity index (χ4n) is 5.78. The maximum Gasteiger partial charge on any atom is 0.524 e. The number of carbonyl (C=O) groups excluding carboxylic acids is 2. The minimum absolute atomic E-state index is 0.0975. The van der Waals surface area contributed by atoms with E-state index in [1.165, 1.54) is 0 Å². The van der Waals surface area contributed by atoms with Crippen LogP contribution < -0.4 is 16.0 Å². The first-order valence-corrected chi connectivity index (χ1v) is 11.9.